The van der Waals surface area contributed by atoms with Crippen molar-refractivity contribution < 1.29 is 4.39 Å². The molecule has 1 unspecified atom stereocenters. The second-order valence-electron chi connectivity index (χ2n) is 3.01. The summed E-state index contributed by atoms with van der Waals surface area (Å²) in [6.07, 6.45) is 2.59. The second-order valence-corrected chi connectivity index (χ2v) is 3.80. The number of nitrogens with one attached hydrogen (secondary N) is 1. The molecule has 0 aliphatic carbocycles. The van der Waals surface area contributed by atoms with Crippen LogP contribution in [0.2, 0.25) is 0 Å². The lowest BCUT2D eigenvalue weighted by Crippen LogP contribution is -2.16. The maximum Gasteiger partial charge on any atom is 0.137 e. The molecule has 76 valence electrons. The van der Waals surface area contributed by atoms with Gasteiger partial charge in [-0.15, -0.1) is 6.58 Å². The highest BCUT2D eigenvalue weighted by Crippen LogP contribution is 2.27. The van der Waals surface area contributed by atoms with Crippen LogP contribution in [0.4, 0.5) is 4.39 Å². The van der Waals surface area contributed by atoms with Crippen molar-refractivity contribution in [2.75, 3.05) is 7.05 Å². The fourth-order valence-electron chi connectivity index (χ4n) is 1.36. The summed E-state index contributed by atoms with van der Waals surface area (Å²) in [5.74, 6) is -0.230. The zero-order valence-electron chi connectivity index (χ0n) is 8.06. The molecular weight excluding hydrogens is 245 g/mol. The summed E-state index contributed by atoms with van der Waals surface area (Å²) in [5.41, 5.74) is 0.924. The Morgan fingerprint density at radius 3 is 2.93 bits per heavy atom. The van der Waals surface area contributed by atoms with E-state index in [0.717, 1.165) is 12.0 Å². The highest BCUT2D eigenvalue weighted by molar-refractivity contribution is 9.10. The van der Waals surface area contributed by atoms with Crippen LogP contribution in [0.15, 0.2) is 35.3 Å². The Kier molecular flexibility index (Phi) is 4.29. The summed E-state index contributed by atoms with van der Waals surface area (Å²) in [6, 6.07) is 5.16. The van der Waals surface area contributed by atoms with Crippen LogP contribution in [0.25, 0.3) is 0 Å². The van der Waals surface area contributed by atoms with E-state index >= 15 is 0 Å². The Bertz CT molecular complexity index is 325. The van der Waals surface area contributed by atoms with Gasteiger partial charge >= 0.3 is 0 Å². The van der Waals surface area contributed by atoms with Crippen LogP contribution in [0.3, 0.4) is 0 Å². The zero-order valence-corrected chi connectivity index (χ0v) is 9.64. The predicted molar refractivity (Wildman–Crippen MR) is 60.7 cm³/mol. The summed E-state index contributed by atoms with van der Waals surface area (Å²) < 4.78 is 13.7. The van der Waals surface area contributed by atoms with Crippen molar-refractivity contribution in [1.82, 2.24) is 5.32 Å². The minimum absolute atomic E-state index is 0.109. The second kappa shape index (κ2) is 5.27. The molecule has 0 radical (unpaired) electrons. The summed E-state index contributed by atoms with van der Waals surface area (Å²) in [6.45, 7) is 3.68. The molecule has 0 heterocycles. The average molecular weight is 258 g/mol. The monoisotopic (exact) mass is 257 g/mol. The van der Waals surface area contributed by atoms with Gasteiger partial charge in [0, 0.05) is 6.04 Å². The Labute approximate surface area is 92.1 Å². The molecule has 0 aliphatic heterocycles. The van der Waals surface area contributed by atoms with Crippen LogP contribution < -0.4 is 5.32 Å². The lowest BCUT2D eigenvalue weighted by Gasteiger charge is -2.16. The third-order valence-electron chi connectivity index (χ3n) is 2.11. The van der Waals surface area contributed by atoms with Crippen LogP contribution >= 0.6 is 15.9 Å². The SMILES string of the molecule is C=CCC(NC)c1cccc(F)c1Br. The Morgan fingerprint density at radius 2 is 2.36 bits per heavy atom. The van der Waals surface area contributed by atoms with Gasteiger partial charge in [0.1, 0.15) is 5.82 Å². The summed E-state index contributed by atoms with van der Waals surface area (Å²) in [4.78, 5) is 0. The van der Waals surface area contributed by atoms with Crippen molar-refractivity contribution in [2.45, 2.75) is 12.5 Å². The van der Waals surface area contributed by atoms with Crippen molar-refractivity contribution in [3.8, 4) is 0 Å². The summed E-state index contributed by atoms with van der Waals surface area (Å²) in [7, 11) is 1.85. The van der Waals surface area contributed by atoms with E-state index in [2.05, 4.69) is 27.8 Å². The van der Waals surface area contributed by atoms with Gasteiger partial charge < -0.3 is 5.32 Å². The topological polar surface area (TPSA) is 12.0 Å². The van der Waals surface area contributed by atoms with E-state index in [-0.39, 0.29) is 11.9 Å². The smallest absolute Gasteiger partial charge is 0.137 e. The lowest BCUT2D eigenvalue weighted by atomic mass is 10.0. The molecule has 14 heavy (non-hydrogen) atoms. The molecular formula is C11H13BrFN. The van der Waals surface area contributed by atoms with E-state index in [0.29, 0.717) is 4.47 Å². The first-order valence-electron chi connectivity index (χ1n) is 4.42. The maximum absolute atomic E-state index is 13.2. The molecule has 0 fully saturated rings. The van der Waals surface area contributed by atoms with Crippen molar-refractivity contribution >= 4 is 15.9 Å². The zero-order chi connectivity index (χ0) is 10.6. The molecule has 1 atom stereocenters. The van der Waals surface area contributed by atoms with Crippen molar-refractivity contribution in [3.05, 3.63) is 46.7 Å². The Morgan fingerprint density at radius 1 is 1.64 bits per heavy atom. The maximum atomic E-state index is 13.2. The highest BCUT2D eigenvalue weighted by atomic mass is 79.9. The quantitative estimate of drug-likeness (QED) is 0.816. The van der Waals surface area contributed by atoms with Gasteiger partial charge in [0.2, 0.25) is 0 Å². The third kappa shape index (κ3) is 2.42. The molecule has 0 saturated heterocycles. The highest BCUT2D eigenvalue weighted by Gasteiger charge is 2.13. The van der Waals surface area contributed by atoms with E-state index in [4.69, 9.17) is 0 Å². The molecule has 0 aliphatic rings. The van der Waals surface area contributed by atoms with E-state index in [9.17, 15) is 4.39 Å². The Balaban J connectivity index is 3.03. The standard InChI is InChI=1S/C11H13BrFN/c1-3-5-10(14-2)8-6-4-7-9(13)11(8)12/h3-4,6-7,10,14H,1,5H2,2H3. The number of rotatable bonds is 4. The summed E-state index contributed by atoms with van der Waals surface area (Å²) >= 11 is 3.24. The molecule has 0 bridgehead atoms. The normalized spacial score (nSPS) is 12.5. The molecule has 0 aromatic heterocycles. The van der Waals surface area contributed by atoms with Gasteiger partial charge in [-0.2, -0.15) is 0 Å². The first-order chi connectivity index (χ1) is 6.70. The molecule has 1 aromatic rings. The number of hydrogen-bond donors (Lipinski definition) is 1. The molecule has 0 spiro atoms. The van der Waals surface area contributed by atoms with Gasteiger partial charge in [0.15, 0.2) is 0 Å². The van der Waals surface area contributed by atoms with Gasteiger partial charge in [0.25, 0.3) is 0 Å². The van der Waals surface area contributed by atoms with Crippen molar-refractivity contribution in [2.24, 2.45) is 0 Å². The van der Waals surface area contributed by atoms with Crippen molar-refractivity contribution in [1.29, 1.82) is 0 Å². The van der Waals surface area contributed by atoms with Crippen LogP contribution in [-0.2, 0) is 0 Å². The largest absolute Gasteiger partial charge is 0.313 e. The average Bonchev–Trinajstić information content (AvgIpc) is 2.19. The number of hydrogen-bond acceptors (Lipinski definition) is 1. The van der Waals surface area contributed by atoms with Crippen LogP contribution in [0.1, 0.15) is 18.0 Å². The number of benzene rings is 1. The lowest BCUT2D eigenvalue weighted by molar-refractivity contribution is 0.578. The first kappa shape index (κ1) is 11.4. The summed E-state index contributed by atoms with van der Waals surface area (Å²) in [5, 5.41) is 3.12. The minimum atomic E-state index is -0.230. The predicted octanol–water partition coefficient (Wildman–Crippen LogP) is 3.42. The van der Waals surface area contributed by atoms with Crippen LogP contribution in [-0.4, -0.2) is 7.05 Å². The van der Waals surface area contributed by atoms with Gasteiger partial charge in [-0.25, -0.2) is 4.39 Å². The molecule has 1 rings (SSSR count). The Hall–Kier alpha value is -0.670. The fraction of sp³-hybridized carbons (Fsp3) is 0.273. The fourth-order valence-corrected chi connectivity index (χ4v) is 1.90. The molecule has 1 aromatic carbocycles. The van der Waals surface area contributed by atoms with E-state index in [1.807, 2.05) is 19.2 Å². The van der Waals surface area contributed by atoms with E-state index in [1.54, 1.807) is 6.07 Å². The van der Waals surface area contributed by atoms with E-state index in [1.165, 1.54) is 6.07 Å². The van der Waals surface area contributed by atoms with Crippen LogP contribution in [0, 0.1) is 5.82 Å². The van der Waals surface area contributed by atoms with Gasteiger partial charge in [0.05, 0.1) is 4.47 Å². The van der Waals surface area contributed by atoms with Gasteiger partial charge in [-0.05, 0) is 41.0 Å². The first-order valence-corrected chi connectivity index (χ1v) is 5.22. The third-order valence-corrected chi connectivity index (χ3v) is 2.94. The molecule has 0 amide bonds. The minimum Gasteiger partial charge on any atom is -0.313 e. The molecule has 3 heteroatoms. The number of halogens is 2. The molecule has 1 N–H and O–H groups in total. The van der Waals surface area contributed by atoms with Gasteiger partial charge in [-0.3, -0.25) is 0 Å². The van der Waals surface area contributed by atoms with E-state index < -0.39 is 0 Å². The molecule has 1 nitrogen and oxygen atoms in total. The molecule has 0 saturated carbocycles. The van der Waals surface area contributed by atoms with Crippen LogP contribution in [0.5, 0.6) is 0 Å². The van der Waals surface area contributed by atoms with Gasteiger partial charge in [-0.1, -0.05) is 18.2 Å². The van der Waals surface area contributed by atoms with Crippen molar-refractivity contribution in [3.63, 3.8) is 0 Å².